The van der Waals surface area contributed by atoms with Crippen LogP contribution in [0.3, 0.4) is 0 Å². The number of nitrogens with one attached hydrogen (secondary N) is 1. The standard InChI is InChI=1S/C16H28N2S/c1-5-15(6-2)18(4)11-13-9-16(19-12(13)3)10-17-14-7-8-14/h9,14-15,17H,5-8,10-11H2,1-4H3. The second-order valence-corrected chi connectivity index (χ2v) is 7.18. The minimum Gasteiger partial charge on any atom is -0.309 e. The van der Waals surface area contributed by atoms with Gasteiger partial charge in [0.1, 0.15) is 0 Å². The van der Waals surface area contributed by atoms with E-state index < -0.39 is 0 Å². The molecule has 19 heavy (non-hydrogen) atoms. The van der Waals surface area contributed by atoms with Gasteiger partial charge in [0.05, 0.1) is 0 Å². The van der Waals surface area contributed by atoms with Crippen molar-refractivity contribution in [3.8, 4) is 0 Å². The van der Waals surface area contributed by atoms with Crippen LogP contribution in [-0.2, 0) is 13.1 Å². The molecular formula is C16H28N2S. The molecule has 1 N–H and O–H groups in total. The normalized spacial score (nSPS) is 15.7. The Balaban J connectivity index is 1.91. The molecule has 1 aromatic heterocycles. The van der Waals surface area contributed by atoms with Gasteiger partial charge in [0, 0.05) is 34.9 Å². The smallest absolute Gasteiger partial charge is 0.0302 e. The zero-order valence-corrected chi connectivity index (χ0v) is 13.6. The van der Waals surface area contributed by atoms with Crippen LogP contribution in [0.15, 0.2) is 6.07 Å². The highest BCUT2D eigenvalue weighted by Crippen LogP contribution is 2.25. The van der Waals surface area contributed by atoms with Gasteiger partial charge in [-0.2, -0.15) is 0 Å². The zero-order chi connectivity index (χ0) is 13.8. The van der Waals surface area contributed by atoms with E-state index in [0.29, 0.717) is 6.04 Å². The number of aryl methyl sites for hydroxylation is 1. The molecule has 1 aliphatic rings. The highest BCUT2D eigenvalue weighted by atomic mass is 32.1. The molecule has 0 saturated heterocycles. The summed E-state index contributed by atoms with van der Waals surface area (Å²) in [5.74, 6) is 0. The van der Waals surface area contributed by atoms with Gasteiger partial charge < -0.3 is 5.32 Å². The van der Waals surface area contributed by atoms with Crippen molar-refractivity contribution >= 4 is 11.3 Å². The van der Waals surface area contributed by atoms with E-state index in [9.17, 15) is 0 Å². The maximum absolute atomic E-state index is 3.61. The van der Waals surface area contributed by atoms with E-state index in [-0.39, 0.29) is 0 Å². The highest BCUT2D eigenvalue weighted by Gasteiger charge is 2.20. The number of hydrogen-bond acceptors (Lipinski definition) is 3. The van der Waals surface area contributed by atoms with Crippen LogP contribution in [0, 0.1) is 6.92 Å². The van der Waals surface area contributed by atoms with E-state index in [1.807, 2.05) is 11.3 Å². The molecule has 2 nitrogen and oxygen atoms in total. The molecule has 3 heteroatoms. The zero-order valence-electron chi connectivity index (χ0n) is 12.8. The van der Waals surface area contributed by atoms with E-state index in [1.54, 1.807) is 0 Å². The summed E-state index contributed by atoms with van der Waals surface area (Å²) in [5, 5.41) is 3.61. The van der Waals surface area contributed by atoms with E-state index >= 15 is 0 Å². The first-order valence-corrected chi connectivity index (χ1v) is 8.47. The largest absolute Gasteiger partial charge is 0.309 e. The summed E-state index contributed by atoms with van der Waals surface area (Å²) in [6.45, 7) is 9.00. The van der Waals surface area contributed by atoms with Gasteiger partial charge >= 0.3 is 0 Å². The third-order valence-corrected chi connectivity index (χ3v) is 5.29. The lowest BCUT2D eigenvalue weighted by Crippen LogP contribution is -2.30. The van der Waals surface area contributed by atoms with Crippen LogP contribution in [0.2, 0.25) is 0 Å². The first kappa shape index (κ1) is 15.0. The highest BCUT2D eigenvalue weighted by molar-refractivity contribution is 7.12. The molecule has 1 aliphatic carbocycles. The first-order chi connectivity index (χ1) is 9.13. The summed E-state index contributed by atoms with van der Waals surface area (Å²) in [4.78, 5) is 5.50. The van der Waals surface area contributed by atoms with Crippen LogP contribution in [0.1, 0.15) is 54.8 Å². The van der Waals surface area contributed by atoms with Crippen LogP contribution >= 0.6 is 11.3 Å². The lowest BCUT2D eigenvalue weighted by atomic mass is 10.1. The van der Waals surface area contributed by atoms with Gasteiger partial charge in [-0.1, -0.05) is 13.8 Å². The van der Waals surface area contributed by atoms with Crippen molar-refractivity contribution in [2.45, 2.75) is 71.6 Å². The van der Waals surface area contributed by atoms with Crippen molar-refractivity contribution in [3.63, 3.8) is 0 Å². The molecule has 1 heterocycles. The van der Waals surface area contributed by atoms with E-state index in [4.69, 9.17) is 0 Å². The van der Waals surface area contributed by atoms with Gasteiger partial charge in [-0.15, -0.1) is 11.3 Å². The van der Waals surface area contributed by atoms with Crippen molar-refractivity contribution in [1.82, 2.24) is 10.2 Å². The van der Waals surface area contributed by atoms with Gasteiger partial charge in [-0.25, -0.2) is 0 Å². The van der Waals surface area contributed by atoms with Gasteiger partial charge in [-0.05, 0) is 51.3 Å². The van der Waals surface area contributed by atoms with E-state index in [1.165, 1.54) is 41.0 Å². The molecule has 0 atom stereocenters. The minimum atomic E-state index is 0.715. The summed E-state index contributed by atoms with van der Waals surface area (Å²) in [6, 6.07) is 3.93. The number of nitrogens with zero attached hydrogens (tertiary/aromatic N) is 1. The summed E-state index contributed by atoms with van der Waals surface area (Å²) in [6.07, 6.45) is 5.22. The molecule has 0 unspecified atom stereocenters. The van der Waals surface area contributed by atoms with Gasteiger partial charge in [0.15, 0.2) is 0 Å². The summed E-state index contributed by atoms with van der Waals surface area (Å²) >= 11 is 1.96. The SMILES string of the molecule is CCC(CC)N(C)Cc1cc(CNC2CC2)sc1C. The minimum absolute atomic E-state index is 0.715. The van der Waals surface area contributed by atoms with Crippen LogP contribution in [0.25, 0.3) is 0 Å². The first-order valence-electron chi connectivity index (χ1n) is 7.65. The average molecular weight is 280 g/mol. The van der Waals surface area contributed by atoms with Crippen molar-refractivity contribution in [1.29, 1.82) is 0 Å². The summed E-state index contributed by atoms with van der Waals surface area (Å²) in [5.41, 5.74) is 1.52. The van der Waals surface area contributed by atoms with Crippen LogP contribution < -0.4 is 5.32 Å². The summed E-state index contributed by atoms with van der Waals surface area (Å²) in [7, 11) is 2.26. The topological polar surface area (TPSA) is 15.3 Å². The van der Waals surface area contributed by atoms with Gasteiger partial charge in [-0.3, -0.25) is 4.90 Å². The fourth-order valence-corrected chi connectivity index (χ4v) is 3.68. The second kappa shape index (κ2) is 6.87. The molecule has 0 bridgehead atoms. The Kier molecular flexibility index (Phi) is 5.43. The summed E-state index contributed by atoms with van der Waals surface area (Å²) < 4.78 is 0. The lowest BCUT2D eigenvalue weighted by Gasteiger charge is -2.25. The molecule has 1 aromatic rings. The van der Waals surface area contributed by atoms with E-state index in [0.717, 1.165) is 19.1 Å². The Morgan fingerprint density at radius 2 is 2.05 bits per heavy atom. The molecule has 0 radical (unpaired) electrons. The molecule has 0 aromatic carbocycles. The monoisotopic (exact) mass is 280 g/mol. The molecule has 2 rings (SSSR count). The van der Waals surface area contributed by atoms with Gasteiger partial charge in [0.2, 0.25) is 0 Å². The van der Waals surface area contributed by atoms with Crippen LogP contribution in [0.4, 0.5) is 0 Å². The number of thiophene rings is 1. The Bertz CT molecular complexity index is 391. The predicted octanol–water partition coefficient (Wildman–Crippen LogP) is 3.93. The third-order valence-electron chi connectivity index (χ3n) is 4.20. The Hall–Kier alpha value is -0.380. The Morgan fingerprint density at radius 1 is 1.37 bits per heavy atom. The van der Waals surface area contributed by atoms with Gasteiger partial charge in [0.25, 0.3) is 0 Å². The average Bonchev–Trinajstić information content (AvgIpc) is 3.15. The number of hydrogen-bond donors (Lipinski definition) is 1. The molecule has 0 spiro atoms. The molecular weight excluding hydrogens is 252 g/mol. The lowest BCUT2D eigenvalue weighted by molar-refractivity contribution is 0.221. The third kappa shape index (κ3) is 4.30. The molecule has 0 amide bonds. The molecule has 1 saturated carbocycles. The maximum atomic E-state index is 3.61. The fraction of sp³-hybridized carbons (Fsp3) is 0.750. The Labute approximate surface area is 122 Å². The fourth-order valence-electron chi connectivity index (χ4n) is 2.67. The second-order valence-electron chi connectivity index (χ2n) is 5.83. The maximum Gasteiger partial charge on any atom is 0.0302 e. The van der Waals surface area contributed by atoms with E-state index in [2.05, 4.69) is 44.1 Å². The van der Waals surface area contributed by atoms with Crippen molar-refractivity contribution in [2.75, 3.05) is 7.05 Å². The van der Waals surface area contributed by atoms with Crippen LogP contribution in [-0.4, -0.2) is 24.0 Å². The quantitative estimate of drug-likeness (QED) is 0.776. The van der Waals surface area contributed by atoms with Crippen LogP contribution in [0.5, 0.6) is 0 Å². The molecule has 108 valence electrons. The Morgan fingerprint density at radius 3 is 2.63 bits per heavy atom. The molecule has 1 fully saturated rings. The van der Waals surface area contributed by atoms with Crippen molar-refractivity contribution in [3.05, 3.63) is 21.4 Å². The molecule has 0 aliphatic heterocycles. The van der Waals surface area contributed by atoms with Crippen molar-refractivity contribution < 1.29 is 0 Å². The van der Waals surface area contributed by atoms with Crippen molar-refractivity contribution in [2.24, 2.45) is 0 Å². The predicted molar refractivity (Wildman–Crippen MR) is 84.8 cm³/mol. The number of rotatable bonds is 8.